The van der Waals surface area contributed by atoms with Crippen molar-refractivity contribution in [3.05, 3.63) is 70.7 Å². The first-order chi connectivity index (χ1) is 15.8. The molecule has 7 nitrogen and oxygen atoms in total. The van der Waals surface area contributed by atoms with E-state index in [4.69, 9.17) is 9.47 Å². The van der Waals surface area contributed by atoms with Crippen LogP contribution in [-0.2, 0) is 23.3 Å². The van der Waals surface area contributed by atoms with Gasteiger partial charge >= 0.3 is 0 Å². The molecule has 0 aliphatic carbocycles. The number of pyridine rings is 2. The number of rotatable bonds is 10. The number of sulfone groups is 1. The Bertz CT molecular complexity index is 1290. The number of methoxy groups -OCH3 is 1. The highest BCUT2D eigenvalue weighted by atomic mass is 32.2. The third kappa shape index (κ3) is 5.78. The Hall–Kier alpha value is -3.20. The van der Waals surface area contributed by atoms with Gasteiger partial charge in [-0.2, -0.15) is 0 Å². The molecule has 0 saturated carbocycles. The van der Waals surface area contributed by atoms with Gasteiger partial charge in [0.15, 0.2) is 9.84 Å². The SMILES string of the molecule is CCS(=O)(=O)c1ccc(F)c(-c2cn(C)c(=O)cc2OCCCCc2ccncc2OC)c1. The highest BCUT2D eigenvalue weighted by molar-refractivity contribution is 7.91. The topological polar surface area (TPSA) is 87.5 Å². The number of aromatic nitrogens is 2. The van der Waals surface area contributed by atoms with E-state index in [0.717, 1.165) is 30.2 Å². The van der Waals surface area contributed by atoms with Crippen molar-refractivity contribution in [3.8, 4) is 22.6 Å². The van der Waals surface area contributed by atoms with Crippen molar-refractivity contribution >= 4 is 9.84 Å². The van der Waals surface area contributed by atoms with E-state index >= 15 is 0 Å². The highest BCUT2D eigenvalue weighted by Gasteiger charge is 2.18. The van der Waals surface area contributed by atoms with Crippen LogP contribution in [0.3, 0.4) is 0 Å². The van der Waals surface area contributed by atoms with Crippen LogP contribution in [0, 0.1) is 5.82 Å². The minimum Gasteiger partial charge on any atom is -0.495 e. The monoisotopic (exact) mass is 474 g/mol. The van der Waals surface area contributed by atoms with Gasteiger partial charge in [-0.25, -0.2) is 12.8 Å². The molecule has 0 aliphatic rings. The van der Waals surface area contributed by atoms with Gasteiger partial charge in [0.25, 0.3) is 5.56 Å². The number of halogens is 1. The summed E-state index contributed by atoms with van der Waals surface area (Å²) in [5.74, 6) is 0.240. The molecule has 0 saturated heterocycles. The molecule has 2 heterocycles. The molecule has 3 aromatic rings. The molecule has 33 heavy (non-hydrogen) atoms. The first kappa shape index (κ1) is 24.4. The molecule has 0 N–H and O–H groups in total. The van der Waals surface area contributed by atoms with Gasteiger partial charge in [0.05, 0.1) is 30.6 Å². The molecule has 0 atom stereocenters. The fourth-order valence-electron chi connectivity index (χ4n) is 3.40. The van der Waals surface area contributed by atoms with E-state index in [0.29, 0.717) is 18.6 Å². The van der Waals surface area contributed by atoms with Crippen LogP contribution in [-0.4, -0.2) is 37.4 Å². The van der Waals surface area contributed by atoms with Crippen molar-refractivity contribution in [2.24, 2.45) is 7.05 Å². The summed E-state index contributed by atoms with van der Waals surface area (Å²) >= 11 is 0. The lowest BCUT2D eigenvalue weighted by Gasteiger charge is -2.15. The minimum atomic E-state index is -3.52. The van der Waals surface area contributed by atoms with Gasteiger partial charge in [-0.15, -0.1) is 0 Å². The van der Waals surface area contributed by atoms with Crippen molar-refractivity contribution in [3.63, 3.8) is 0 Å². The van der Waals surface area contributed by atoms with Gasteiger partial charge in [-0.05, 0) is 49.1 Å². The van der Waals surface area contributed by atoms with Gasteiger partial charge in [0.1, 0.15) is 17.3 Å². The molecular weight excluding hydrogens is 447 g/mol. The van der Waals surface area contributed by atoms with Crippen molar-refractivity contribution in [1.29, 1.82) is 0 Å². The number of nitrogens with zero attached hydrogens (tertiary/aromatic N) is 2. The largest absolute Gasteiger partial charge is 0.495 e. The molecule has 2 aromatic heterocycles. The number of benzene rings is 1. The third-order valence-electron chi connectivity index (χ3n) is 5.35. The Kier molecular flexibility index (Phi) is 7.86. The van der Waals surface area contributed by atoms with E-state index in [-0.39, 0.29) is 27.5 Å². The lowest BCUT2D eigenvalue weighted by atomic mass is 10.1. The van der Waals surface area contributed by atoms with Gasteiger partial charge in [0.2, 0.25) is 0 Å². The van der Waals surface area contributed by atoms with E-state index < -0.39 is 15.7 Å². The summed E-state index contributed by atoms with van der Waals surface area (Å²) in [7, 11) is -0.382. The first-order valence-electron chi connectivity index (χ1n) is 10.6. The number of ether oxygens (including phenoxy) is 2. The molecule has 1 aromatic carbocycles. The van der Waals surface area contributed by atoms with Crippen LogP contribution in [0.1, 0.15) is 25.3 Å². The second-order valence-corrected chi connectivity index (χ2v) is 9.82. The third-order valence-corrected chi connectivity index (χ3v) is 7.08. The molecule has 0 radical (unpaired) electrons. The van der Waals surface area contributed by atoms with Gasteiger partial charge < -0.3 is 14.0 Å². The van der Waals surface area contributed by atoms with Crippen LogP contribution < -0.4 is 15.0 Å². The minimum absolute atomic E-state index is 0.0208. The Labute approximate surface area is 192 Å². The number of hydrogen-bond donors (Lipinski definition) is 0. The molecule has 0 bridgehead atoms. The van der Waals surface area contributed by atoms with E-state index in [1.165, 1.54) is 35.9 Å². The molecule has 0 amide bonds. The molecule has 9 heteroatoms. The lowest BCUT2D eigenvalue weighted by molar-refractivity contribution is 0.306. The Morgan fingerprint density at radius 2 is 1.88 bits per heavy atom. The highest BCUT2D eigenvalue weighted by Crippen LogP contribution is 2.32. The van der Waals surface area contributed by atoms with Crippen LogP contribution in [0.2, 0.25) is 0 Å². The molecule has 0 unspecified atom stereocenters. The van der Waals surface area contributed by atoms with Crippen molar-refractivity contribution < 1.29 is 22.3 Å². The zero-order valence-corrected chi connectivity index (χ0v) is 19.7. The van der Waals surface area contributed by atoms with Crippen LogP contribution in [0.5, 0.6) is 11.5 Å². The molecule has 3 rings (SSSR count). The van der Waals surface area contributed by atoms with Crippen LogP contribution >= 0.6 is 0 Å². The number of aryl methyl sites for hydroxylation is 2. The predicted octanol–water partition coefficient (Wildman–Crippen LogP) is 3.79. The second kappa shape index (κ2) is 10.6. The normalized spacial score (nSPS) is 11.4. The fourth-order valence-corrected chi connectivity index (χ4v) is 4.31. The maximum absolute atomic E-state index is 14.7. The molecule has 0 fully saturated rings. The summed E-state index contributed by atoms with van der Waals surface area (Å²) in [4.78, 5) is 16.3. The maximum Gasteiger partial charge on any atom is 0.254 e. The zero-order chi connectivity index (χ0) is 24.0. The second-order valence-electron chi connectivity index (χ2n) is 7.54. The molecular formula is C24H27FN2O5S. The van der Waals surface area contributed by atoms with Crippen molar-refractivity contribution in [1.82, 2.24) is 9.55 Å². The molecule has 0 aliphatic heterocycles. The zero-order valence-electron chi connectivity index (χ0n) is 18.9. The summed E-state index contributed by atoms with van der Waals surface area (Å²) in [6.07, 6.45) is 7.09. The summed E-state index contributed by atoms with van der Waals surface area (Å²) < 4.78 is 51.7. The maximum atomic E-state index is 14.7. The smallest absolute Gasteiger partial charge is 0.254 e. The summed E-state index contributed by atoms with van der Waals surface area (Å²) in [5, 5.41) is 0. The number of hydrogen-bond acceptors (Lipinski definition) is 6. The Morgan fingerprint density at radius 1 is 1.09 bits per heavy atom. The molecule has 0 spiro atoms. The Balaban J connectivity index is 1.80. The van der Waals surface area contributed by atoms with Gasteiger partial charge in [0, 0.05) is 36.6 Å². The van der Waals surface area contributed by atoms with Crippen molar-refractivity contribution in [2.45, 2.75) is 31.1 Å². The average Bonchev–Trinajstić information content (AvgIpc) is 2.81. The average molecular weight is 475 g/mol. The van der Waals surface area contributed by atoms with E-state index in [2.05, 4.69) is 4.98 Å². The van der Waals surface area contributed by atoms with E-state index in [1.54, 1.807) is 26.6 Å². The van der Waals surface area contributed by atoms with E-state index in [1.807, 2.05) is 6.07 Å². The van der Waals surface area contributed by atoms with Gasteiger partial charge in [-0.1, -0.05) is 6.92 Å². The summed E-state index contributed by atoms with van der Waals surface area (Å²) in [6.45, 7) is 1.84. The number of unbranched alkanes of at least 4 members (excludes halogenated alkanes) is 1. The predicted molar refractivity (Wildman–Crippen MR) is 124 cm³/mol. The first-order valence-corrected chi connectivity index (χ1v) is 12.2. The van der Waals surface area contributed by atoms with Gasteiger partial charge in [-0.3, -0.25) is 9.78 Å². The molecule has 176 valence electrons. The Morgan fingerprint density at radius 3 is 2.61 bits per heavy atom. The lowest BCUT2D eigenvalue weighted by Crippen LogP contribution is -2.16. The van der Waals surface area contributed by atoms with Crippen LogP contribution in [0.25, 0.3) is 11.1 Å². The van der Waals surface area contributed by atoms with E-state index in [9.17, 15) is 17.6 Å². The summed E-state index contributed by atoms with van der Waals surface area (Å²) in [6, 6.07) is 6.85. The summed E-state index contributed by atoms with van der Waals surface area (Å²) in [5.41, 5.74) is 1.11. The van der Waals surface area contributed by atoms with Crippen molar-refractivity contribution in [2.75, 3.05) is 19.5 Å². The van der Waals surface area contributed by atoms with Crippen LogP contribution in [0.4, 0.5) is 4.39 Å². The van der Waals surface area contributed by atoms with Crippen LogP contribution in [0.15, 0.2) is 58.6 Å². The standard InChI is InChI=1S/C24H27FN2O5S/c1-4-33(29,30)18-8-9-21(25)19(13-18)20-16-27(2)24(28)14-22(20)32-12-6-5-7-17-10-11-26-15-23(17)31-3/h8-11,13-16H,4-7,12H2,1-3H3. The fraction of sp³-hybridized carbons (Fsp3) is 0.333. The quantitative estimate of drug-likeness (QED) is 0.328.